The maximum Gasteiger partial charge on any atom is 0.270 e. The number of nitrogens with zero attached hydrogens (tertiary/aromatic N) is 1. The maximum absolute atomic E-state index is 12.2. The summed E-state index contributed by atoms with van der Waals surface area (Å²) in [7, 11) is 0. The van der Waals surface area contributed by atoms with Crippen molar-refractivity contribution in [1.82, 2.24) is 5.32 Å². The molecule has 1 amide bonds. The van der Waals surface area contributed by atoms with E-state index < -0.39 is 4.92 Å². The minimum Gasteiger partial charge on any atom is -0.348 e. The number of nitro benzene ring substituents is 1. The van der Waals surface area contributed by atoms with Gasteiger partial charge in [0.05, 0.1) is 10.5 Å². The van der Waals surface area contributed by atoms with E-state index in [0.717, 1.165) is 6.42 Å². The fraction of sp³-hybridized carbons (Fsp3) is 0.462. The molecule has 0 saturated heterocycles. The molecule has 21 heavy (non-hydrogen) atoms. The van der Waals surface area contributed by atoms with Crippen molar-refractivity contribution < 1.29 is 9.72 Å². The zero-order valence-corrected chi connectivity index (χ0v) is 14.8. The number of nitrogens with two attached hydrogens (primary N) is 1. The van der Waals surface area contributed by atoms with Crippen molar-refractivity contribution in [2.45, 2.75) is 26.3 Å². The summed E-state index contributed by atoms with van der Waals surface area (Å²) in [5, 5.41) is 13.5. The van der Waals surface area contributed by atoms with Crippen molar-refractivity contribution in [3.63, 3.8) is 0 Å². The fourth-order valence-corrected chi connectivity index (χ4v) is 2.59. The van der Waals surface area contributed by atoms with E-state index in [2.05, 4.69) is 19.2 Å². The first-order chi connectivity index (χ1) is 9.35. The Labute approximate surface area is 143 Å². The highest BCUT2D eigenvalue weighted by atomic mass is 127. The predicted octanol–water partition coefficient (Wildman–Crippen LogP) is 2.72. The standard InChI is InChI=1S/C13H18IN3O3.ClH/c1-8(2)5-9(7-15)16-13(18)11-4-3-10(17(19)20)6-12(11)14;/h3-4,6,8-9H,5,7,15H2,1-2H3,(H,16,18);1H. The lowest BCUT2D eigenvalue weighted by molar-refractivity contribution is -0.384. The number of halogens is 2. The van der Waals surface area contributed by atoms with E-state index in [4.69, 9.17) is 5.73 Å². The van der Waals surface area contributed by atoms with Crippen molar-refractivity contribution in [2.75, 3.05) is 6.54 Å². The Morgan fingerprint density at radius 3 is 2.52 bits per heavy atom. The van der Waals surface area contributed by atoms with Crippen molar-refractivity contribution in [3.8, 4) is 0 Å². The normalized spacial score (nSPS) is 11.7. The first-order valence-electron chi connectivity index (χ1n) is 6.30. The largest absolute Gasteiger partial charge is 0.348 e. The van der Waals surface area contributed by atoms with Gasteiger partial charge in [0.15, 0.2) is 0 Å². The van der Waals surface area contributed by atoms with Crippen molar-refractivity contribution in [2.24, 2.45) is 11.7 Å². The summed E-state index contributed by atoms with van der Waals surface area (Å²) in [5.74, 6) is 0.181. The lowest BCUT2D eigenvalue weighted by Gasteiger charge is -2.19. The number of rotatable bonds is 6. The summed E-state index contributed by atoms with van der Waals surface area (Å²) in [4.78, 5) is 22.3. The van der Waals surface area contributed by atoms with Crippen LogP contribution in [0.1, 0.15) is 30.6 Å². The second-order valence-corrected chi connectivity index (χ2v) is 6.12. The van der Waals surface area contributed by atoms with Gasteiger partial charge < -0.3 is 11.1 Å². The molecule has 1 unspecified atom stereocenters. The van der Waals surface area contributed by atoms with Crippen LogP contribution in [0.4, 0.5) is 5.69 Å². The molecule has 1 rings (SSSR count). The number of hydrogen-bond acceptors (Lipinski definition) is 4. The second-order valence-electron chi connectivity index (χ2n) is 4.96. The van der Waals surface area contributed by atoms with Crippen LogP contribution in [0.15, 0.2) is 18.2 Å². The molecule has 118 valence electrons. The van der Waals surface area contributed by atoms with Gasteiger partial charge in [0, 0.05) is 28.3 Å². The molecule has 0 fully saturated rings. The molecule has 1 atom stereocenters. The molecule has 0 aromatic heterocycles. The molecule has 8 heteroatoms. The number of hydrogen-bond donors (Lipinski definition) is 2. The number of carbonyl (C=O) groups excluding carboxylic acids is 1. The molecule has 0 heterocycles. The quantitative estimate of drug-likeness (QED) is 0.414. The molecule has 0 aliphatic heterocycles. The number of carbonyl (C=O) groups is 1. The van der Waals surface area contributed by atoms with Crippen molar-refractivity contribution in [1.29, 1.82) is 0 Å². The molecular weight excluding hydrogens is 409 g/mol. The van der Waals surface area contributed by atoms with Crippen LogP contribution >= 0.6 is 35.0 Å². The highest BCUT2D eigenvalue weighted by molar-refractivity contribution is 14.1. The molecule has 0 aliphatic carbocycles. The fourth-order valence-electron chi connectivity index (χ4n) is 1.85. The Balaban J connectivity index is 0.00000400. The minimum atomic E-state index is -0.481. The third-order valence-corrected chi connectivity index (χ3v) is 3.68. The van der Waals surface area contributed by atoms with Crippen LogP contribution < -0.4 is 11.1 Å². The van der Waals surface area contributed by atoms with Gasteiger partial charge in [0.2, 0.25) is 0 Å². The molecule has 6 nitrogen and oxygen atoms in total. The Morgan fingerprint density at radius 1 is 1.48 bits per heavy atom. The summed E-state index contributed by atoms with van der Waals surface area (Å²) in [6.45, 7) is 4.49. The Bertz CT molecular complexity index is 511. The van der Waals surface area contributed by atoms with Crippen LogP contribution in [0.3, 0.4) is 0 Å². The van der Waals surface area contributed by atoms with Gasteiger partial charge in [0.25, 0.3) is 11.6 Å². The smallest absolute Gasteiger partial charge is 0.270 e. The summed E-state index contributed by atoms with van der Waals surface area (Å²) >= 11 is 1.92. The van der Waals surface area contributed by atoms with Gasteiger partial charge in [-0.25, -0.2) is 0 Å². The van der Waals surface area contributed by atoms with Gasteiger partial charge in [-0.05, 0) is 41.0 Å². The summed E-state index contributed by atoms with van der Waals surface area (Å²) < 4.78 is 0.551. The van der Waals surface area contributed by atoms with E-state index in [-0.39, 0.29) is 30.0 Å². The molecule has 0 aliphatic rings. The molecule has 0 radical (unpaired) electrons. The zero-order valence-electron chi connectivity index (χ0n) is 11.8. The second kappa shape index (κ2) is 9.16. The van der Waals surface area contributed by atoms with Crippen LogP contribution in [0.25, 0.3) is 0 Å². The highest BCUT2D eigenvalue weighted by Crippen LogP contribution is 2.20. The number of non-ortho nitro benzene ring substituents is 1. The minimum absolute atomic E-state index is 0. The van der Waals surface area contributed by atoms with E-state index in [1.807, 2.05) is 22.6 Å². The topological polar surface area (TPSA) is 98.3 Å². The summed E-state index contributed by atoms with van der Waals surface area (Å²) in [6, 6.07) is 4.10. The van der Waals surface area contributed by atoms with Crippen LogP contribution in [-0.4, -0.2) is 23.4 Å². The predicted molar refractivity (Wildman–Crippen MR) is 92.8 cm³/mol. The summed E-state index contributed by atoms with van der Waals surface area (Å²) in [5.41, 5.74) is 6.05. The average Bonchev–Trinajstić information content (AvgIpc) is 2.36. The summed E-state index contributed by atoms with van der Waals surface area (Å²) in [6.07, 6.45) is 0.797. The molecule has 1 aromatic rings. The lowest BCUT2D eigenvalue weighted by Crippen LogP contribution is -2.41. The number of nitrogens with one attached hydrogen (secondary N) is 1. The van der Waals surface area contributed by atoms with E-state index in [9.17, 15) is 14.9 Å². The molecule has 0 spiro atoms. The third-order valence-electron chi connectivity index (χ3n) is 2.78. The first kappa shape index (κ1) is 20.1. The van der Waals surface area contributed by atoms with E-state index in [1.54, 1.807) is 0 Å². The zero-order chi connectivity index (χ0) is 15.3. The molecule has 0 saturated carbocycles. The van der Waals surface area contributed by atoms with Gasteiger partial charge in [-0.1, -0.05) is 13.8 Å². The van der Waals surface area contributed by atoms with Gasteiger partial charge in [-0.2, -0.15) is 0 Å². The third kappa shape index (κ3) is 6.15. The van der Waals surface area contributed by atoms with Gasteiger partial charge >= 0.3 is 0 Å². The number of nitro groups is 1. The monoisotopic (exact) mass is 427 g/mol. The van der Waals surface area contributed by atoms with Gasteiger partial charge in [-0.3, -0.25) is 14.9 Å². The van der Waals surface area contributed by atoms with Crippen LogP contribution in [0.2, 0.25) is 0 Å². The van der Waals surface area contributed by atoms with E-state index in [0.29, 0.717) is 21.6 Å². The molecule has 1 aromatic carbocycles. The van der Waals surface area contributed by atoms with Gasteiger partial charge in [-0.15, -0.1) is 12.4 Å². The van der Waals surface area contributed by atoms with Crippen molar-refractivity contribution in [3.05, 3.63) is 37.4 Å². The Kier molecular flexibility index (Phi) is 8.76. The lowest BCUT2D eigenvalue weighted by atomic mass is 10.0. The highest BCUT2D eigenvalue weighted by Gasteiger charge is 2.17. The van der Waals surface area contributed by atoms with Crippen LogP contribution in [0.5, 0.6) is 0 Å². The SMILES string of the molecule is CC(C)CC(CN)NC(=O)c1ccc([N+](=O)[O-])cc1I.Cl. The molecule has 3 N–H and O–H groups in total. The van der Waals surface area contributed by atoms with E-state index >= 15 is 0 Å². The first-order valence-corrected chi connectivity index (χ1v) is 7.38. The Morgan fingerprint density at radius 2 is 2.10 bits per heavy atom. The van der Waals surface area contributed by atoms with Crippen molar-refractivity contribution >= 4 is 46.6 Å². The number of amides is 1. The van der Waals surface area contributed by atoms with E-state index in [1.165, 1.54) is 18.2 Å². The van der Waals surface area contributed by atoms with Crippen LogP contribution in [0, 0.1) is 19.6 Å². The molecule has 0 bridgehead atoms. The van der Waals surface area contributed by atoms with Gasteiger partial charge in [0.1, 0.15) is 0 Å². The Hall–Kier alpha value is -0.930. The number of benzene rings is 1. The molecular formula is C13H19ClIN3O3. The maximum atomic E-state index is 12.2. The average molecular weight is 428 g/mol. The van der Waals surface area contributed by atoms with Crippen LogP contribution in [-0.2, 0) is 0 Å².